The van der Waals surface area contributed by atoms with E-state index in [1.165, 1.54) is 21.1 Å². The van der Waals surface area contributed by atoms with Crippen LogP contribution in [0.1, 0.15) is 36.1 Å². The molecule has 0 unspecified atom stereocenters. The van der Waals surface area contributed by atoms with Crippen LogP contribution in [-0.2, 0) is 25.7 Å². The summed E-state index contributed by atoms with van der Waals surface area (Å²) in [6.07, 6.45) is 2.74. The molecular weight excluding hydrogens is 564 g/mol. The van der Waals surface area contributed by atoms with E-state index in [0.717, 1.165) is 16.0 Å². The zero-order chi connectivity index (χ0) is 29.9. The zero-order valence-electron chi connectivity index (χ0n) is 23.7. The maximum absolute atomic E-state index is 14.5. The Morgan fingerprint density at radius 3 is 2.44 bits per heavy atom. The number of nitrogens with zero attached hydrogens (tertiary/aromatic N) is 2. The number of aliphatic hydroxyl groups is 1. The van der Waals surface area contributed by atoms with Crippen molar-refractivity contribution in [1.82, 2.24) is 4.90 Å². The van der Waals surface area contributed by atoms with E-state index in [-0.39, 0.29) is 49.3 Å². The molecule has 4 aliphatic rings. The van der Waals surface area contributed by atoms with Gasteiger partial charge in [-0.05, 0) is 55.3 Å². The maximum Gasteiger partial charge on any atom is 0.241 e. The lowest BCUT2D eigenvalue weighted by Crippen LogP contribution is -2.49. The van der Waals surface area contributed by atoms with Crippen molar-refractivity contribution in [3.8, 4) is 5.75 Å². The summed E-state index contributed by atoms with van der Waals surface area (Å²) in [7, 11) is 0. The molecule has 3 heterocycles. The molecule has 0 radical (unpaired) electrons. The molecule has 0 spiro atoms. The largest absolute Gasteiger partial charge is 0.491 e. The summed E-state index contributed by atoms with van der Waals surface area (Å²) >= 11 is 1.51. The molecule has 0 bridgehead atoms. The van der Waals surface area contributed by atoms with Crippen LogP contribution in [0, 0.1) is 29.1 Å². The molecule has 2 aromatic carbocycles. The molecule has 1 N–H and O–H groups in total. The molecule has 2 saturated heterocycles. The van der Waals surface area contributed by atoms with E-state index in [9.17, 15) is 24.3 Å². The Labute approximate surface area is 253 Å². The molecule has 4 amide bonds. The molecule has 1 saturated carbocycles. The Hall–Kier alpha value is -4.08. The number of aliphatic hydroxyl groups excluding tert-OH is 1. The summed E-state index contributed by atoms with van der Waals surface area (Å²) in [5.41, 5.74) is 1.01. The summed E-state index contributed by atoms with van der Waals surface area (Å²) in [5, 5.41) is 11.4. The Morgan fingerprint density at radius 2 is 1.70 bits per heavy atom. The van der Waals surface area contributed by atoms with Crippen LogP contribution in [0.2, 0.25) is 0 Å². The van der Waals surface area contributed by atoms with Gasteiger partial charge in [0.2, 0.25) is 23.6 Å². The summed E-state index contributed by atoms with van der Waals surface area (Å²) in [6, 6.07) is 20.2. The van der Waals surface area contributed by atoms with Crippen molar-refractivity contribution in [2.75, 3.05) is 18.1 Å². The predicted octanol–water partition coefficient (Wildman–Crippen LogP) is 4.55. The molecule has 7 rings (SSSR count). The van der Waals surface area contributed by atoms with E-state index in [1.807, 2.05) is 60.8 Å². The molecule has 8 nitrogen and oxygen atoms in total. The number of thiophene rings is 1. The lowest BCUT2D eigenvalue weighted by molar-refractivity contribution is -0.141. The topological polar surface area (TPSA) is 104 Å². The zero-order valence-corrected chi connectivity index (χ0v) is 24.5. The minimum Gasteiger partial charge on any atom is -0.491 e. The highest BCUT2D eigenvalue weighted by atomic mass is 32.1. The van der Waals surface area contributed by atoms with Gasteiger partial charge in [0.15, 0.2) is 0 Å². The van der Waals surface area contributed by atoms with Crippen molar-refractivity contribution < 1.29 is 29.0 Å². The van der Waals surface area contributed by atoms with Crippen LogP contribution in [0.5, 0.6) is 5.75 Å². The Balaban J connectivity index is 1.36. The number of fused-ring (bicyclic) bond motifs is 4. The number of allylic oxidation sites excluding steroid dienone is 2. The van der Waals surface area contributed by atoms with Crippen molar-refractivity contribution in [2.24, 2.45) is 29.1 Å². The first-order chi connectivity index (χ1) is 20.9. The summed E-state index contributed by atoms with van der Waals surface area (Å²) in [5.74, 6) is -3.17. The molecule has 2 aliphatic carbocycles. The van der Waals surface area contributed by atoms with Gasteiger partial charge in [0.05, 0.1) is 42.0 Å². The molecule has 43 heavy (non-hydrogen) atoms. The smallest absolute Gasteiger partial charge is 0.241 e. The van der Waals surface area contributed by atoms with Gasteiger partial charge < -0.3 is 9.84 Å². The first-order valence-electron chi connectivity index (χ1n) is 14.7. The van der Waals surface area contributed by atoms with Gasteiger partial charge in [0.25, 0.3) is 0 Å². The third-order valence-corrected chi connectivity index (χ3v) is 10.7. The predicted molar refractivity (Wildman–Crippen MR) is 160 cm³/mol. The van der Waals surface area contributed by atoms with Crippen LogP contribution in [-0.4, -0.2) is 46.8 Å². The van der Waals surface area contributed by atoms with Crippen molar-refractivity contribution in [3.05, 3.63) is 94.2 Å². The molecule has 9 heteroatoms. The number of anilines is 1. The second-order valence-electron chi connectivity index (χ2n) is 11.9. The fourth-order valence-electron chi connectivity index (χ4n) is 7.97. The van der Waals surface area contributed by atoms with Crippen LogP contribution in [0.25, 0.3) is 0 Å². The number of benzene rings is 2. The Bertz CT molecular complexity index is 1640. The molecule has 3 fully saturated rings. The monoisotopic (exact) mass is 596 g/mol. The SMILES string of the molecule is C[C@@]12C(=O)N(c3ccccc3)C(=O)[C@@H]1C[C@@H]1C(=CC[C@@H]3C(=O)N(Cc4cccs4)C(=O)[C@@H]31)[C@@H]2c1ccccc1OCCO. The fourth-order valence-corrected chi connectivity index (χ4v) is 8.66. The minimum absolute atomic E-state index is 0.0741. The number of amides is 4. The Kier molecular flexibility index (Phi) is 6.82. The number of imide groups is 2. The number of carbonyl (C=O) groups excluding carboxylic acids is 4. The molecule has 2 aliphatic heterocycles. The number of hydrogen-bond donors (Lipinski definition) is 1. The van der Waals surface area contributed by atoms with E-state index in [1.54, 1.807) is 24.3 Å². The van der Waals surface area contributed by atoms with Gasteiger partial charge in [-0.25, -0.2) is 4.90 Å². The highest BCUT2D eigenvalue weighted by Gasteiger charge is 2.67. The van der Waals surface area contributed by atoms with Crippen molar-refractivity contribution in [1.29, 1.82) is 0 Å². The van der Waals surface area contributed by atoms with E-state index >= 15 is 0 Å². The number of likely N-dealkylation sites (tertiary alicyclic amines) is 1. The average Bonchev–Trinajstić information content (AvgIpc) is 3.68. The third kappa shape index (κ3) is 4.12. The minimum atomic E-state index is -1.15. The van der Waals surface area contributed by atoms with Crippen LogP contribution >= 0.6 is 11.3 Å². The summed E-state index contributed by atoms with van der Waals surface area (Å²) < 4.78 is 5.97. The number of para-hydroxylation sites is 2. The van der Waals surface area contributed by atoms with Crippen LogP contribution in [0.15, 0.2) is 83.8 Å². The lowest BCUT2D eigenvalue weighted by Gasteiger charge is -2.49. The highest BCUT2D eigenvalue weighted by Crippen LogP contribution is 2.64. The summed E-state index contributed by atoms with van der Waals surface area (Å²) in [6.45, 7) is 2.00. The van der Waals surface area contributed by atoms with Crippen molar-refractivity contribution in [2.45, 2.75) is 32.2 Å². The first kappa shape index (κ1) is 27.7. The van der Waals surface area contributed by atoms with Crippen molar-refractivity contribution >= 4 is 40.7 Å². The third-order valence-electron chi connectivity index (χ3n) is 9.85. The maximum atomic E-state index is 14.5. The van der Waals surface area contributed by atoms with Gasteiger partial charge in [-0.15, -0.1) is 11.3 Å². The van der Waals surface area contributed by atoms with Crippen LogP contribution in [0.3, 0.4) is 0 Å². The van der Waals surface area contributed by atoms with Gasteiger partial charge >= 0.3 is 0 Å². The quantitative estimate of drug-likeness (QED) is 0.317. The van der Waals surface area contributed by atoms with E-state index in [4.69, 9.17) is 4.74 Å². The lowest BCUT2D eigenvalue weighted by atomic mass is 9.51. The van der Waals surface area contributed by atoms with Gasteiger partial charge in [0, 0.05) is 16.4 Å². The molecule has 1 aromatic heterocycles. The number of carbonyl (C=O) groups is 4. The van der Waals surface area contributed by atoms with Gasteiger partial charge in [-0.2, -0.15) is 0 Å². The van der Waals surface area contributed by atoms with E-state index in [0.29, 0.717) is 24.3 Å². The molecular formula is C34H32N2O6S. The molecule has 3 aromatic rings. The standard InChI is InChI=1S/C34H32N2O6S/c1-34-26(31(39)36(33(34)41)20-8-3-2-4-9-20)18-25-22(29(34)23-11-5-6-12-27(23)42-16-15-37)13-14-24-28(25)32(40)35(30(24)38)19-21-10-7-17-43-21/h2-13,17,24-26,28-29,37H,14-16,18-19H2,1H3/t24-,25+,26-,28-,29+,34+/m0/s1. The molecule has 6 atom stereocenters. The number of hydrogen-bond acceptors (Lipinski definition) is 7. The first-order valence-corrected chi connectivity index (χ1v) is 15.6. The van der Waals surface area contributed by atoms with Crippen LogP contribution < -0.4 is 9.64 Å². The highest BCUT2D eigenvalue weighted by molar-refractivity contribution is 7.09. The van der Waals surface area contributed by atoms with E-state index in [2.05, 4.69) is 0 Å². The van der Waals surface area contributed by atoms with Gasteiger partial charge in [-0.3, -0.25) is 24.1 Å². The Morgan fingerprint density at radius 1 is 0.930 bits per heavy atom. The summed E-state index contributed by atoms with van der Waals surface area (Å²) in [4.78, 5) is 60.0. The molecule has 220 valence electrons. The second kappa shape index (κ2) is 10.6. The fraction of sp³-hybridized carbons (Fsp3) is 0.353. The van der Waals surface area contributed by atoms with Gasteiger partial charge in [-0.1, -0.05) is 54.1 Å². The van der Waals surface area contributed by atoms with Crippen LogP contribution in [0.4, 0.5) is 5.69 Å². The number of rotatable bonds is 7. The van der Waals surface area contributed by atoms with E-state index < -0.39 is 29.1 Å². The normalized spacial score (nSPS) is 29.8. The average molecular weight is 597 g/mol. The van der Waals surface area contributed by atoms with Gasteiger partial charge in [0.1, 0.15) is 12.4 Å². The number of ether oxygens (including phenoxy) is 1. The second-order valence-corrected chi connectivity index (χ2v) is 13.0. The van der Waals surface area contributed by atoms with Crippen molar-refractivity contribution in [3.63, 3.8) is 0 Å².